The number of hydrogen-bond acceptors (Lipinski definition) is 0. The Bertz CT molecular complexity index is 6.85. The average Bonchev–Trinajstić information content (AvgIpc) is 0. The van der Waals surface area contributed by atoms with Gasteiger partial charge in [-0.2, -0.15) is 0 Å². The van der Waals surface area contributed by atoms with Gasteiger partial charge in [0.05, 0.1) is 0 Å². The van der Waals surface area contributed by atoms with Crippen molar-refractivity contribution in [3.63, 3.8) is 0 Å². The molecule has 0 saturated carbocycles. The largest absolute Gasteiger partial charge is 2.00 e. The van der Waals surface area contributed by atoms with Crippen LogP contribution in [-0.2, 0) is 47.5 Å². The van der Waals surface area contributed by atoms with Crippen molar-refractivity contribution in [3.05, 3.63) is 0 Å². The van der Waals surface area contributed by atoms with Crippen LogP contribution in [0.5, 0.6) is 0 Å². The Labute approximate surface area is 53.3 Å². The maximum absolute atomic E-state index is 0. The van der Waals surface area contributed by atoms with E-state index >= 15 is 0 Å². The van der Waals surface area contributed by atoms with Crippen LogP contribution >= 0.6 is 0 Å². The summed E-state index contributed by atoms with van der Waals surface area (Å²) in [5.74, 6) is 0. The first-order valence-corrected chi connectivity index (χ1v) is 0. The van der Waals surface area contributed by atoms with Crippen molar-refractivity contribution >= 4 is 0 Å². The molecule has 0 spiro atoms. The van der Waals surface area contributed by atoms with Crippen LogP contribution in [0, 0.1) is 0 Å². The molecule has 5 heavy (non-hydrogen) atoms. The Morgan fingerprint density at radius 2 is 0.800 bits per heavy atom. The molecule has 0 aromatic rings. The fourth-order valence-corrected chi connectivity index (χ4v) is 0. The molecule has 2 N–H and O–H groups in total. The second kappa shape index (κ2) is 77.7. The minimum Gasteiger partial charge on any atom is -2.00 e. The first kappa shape index (κ1) is 145. The molecule has 1 radical (unpaired) electrons. The van der Waals surface area contributed by atoms with E-state index in [2.05, 4.69) is 0 Å². The van der Waals surface area contributed by atoms with E-state index in [0.717, 1.165) is 0 Å². The summed E-state index contributed by atoms with van der Waals surface area (Å²) in [5, 5.41) is 0. The van der Waals surface area contributed by atoms with E-state index in [0.29, 0.717) is 0 Å². The summed E-state index contributed by atoms with van der Waals surface area (Å²) in [6.45, 7) is 0. The van der Waals surface area contributed by atoms with Crippen molar-refractivity contribution in [2.24, 2.45) is 0 Å². The zero-order chi connectivity index (χ0) is 0. The first-order valence-electron chi connectivity index (χ1n) is 0. The molecule has 0 heterocycles. The molecule has 29 valence electrons. The third-order valence-corrected chi connectivity index (χ3v) is 0. The van der Waals surface area contributed by atoms with Crippen molar-refractivity contribution in [2.75, 3.05) is 0 Å². The van der Waals surface area contributed by atoms with E-state index in [1.165, 1.54) is 0 Å². The molecule has 0 bridgehead atoms. The third kappa shape index (κ3) is 43.9. The third-order valence-electron chi connectivity index (χ3n) is 0. The van der Waals surface area contributed by atoms with Gasteiger partial charge in [-0.3, -0.25) is 0 Å². The van der Waals surface area contributed by atoms with E-state index in [1.54, 1.807) is 0 Å². The quantitative estimate of drug-likeness (QED) is 0.415. The van der Waals surface area contributed by atoms with Crippen molar-refractivity contribution in [2.45, 2.75) is 0 Å². The van der Waals surface area contributed by atoms with Crippen LogP contribution in [0.2, 0.25) is 0 Å². The van der Waals surface area contributed by atoms with Gasteiger partial charge in [0.2, 0.25) is 0 Å². The molecule has 0 aromatic carbocycles. The average molecular weight is 170 g/mol. The zero-order valence-corrected chi connectivity index (χ0v) is 6.55. The van der Waals surface area contributed by atoms with E-state index < -0.39 is 0 Å². The summed E-state index contributed by atoms with van der Waals surface area (Å²) in [4.78, 5) is 0. The number of hydrogen-bond donors (Lipinski definition) is 0. The summed E-state index contributed by atoms with van der Waals surface area (Å²) >= 11 is 0. The smallest absolute Gasteiger partial charge is 2.00 e. The molecule has 0 saturated heterocycles. The van der Waals surface area contributed by atoms with Crippen LogP contribution in [0.1, 0.15) is 0 Å². The Balaban J connectivity index is 0. The van der Waals surface area contributed by atoms with Crippen LogP contribution in [0.3, 0.4) is 0 Å². The van der Waals surface area contributed by atoms with E-state index in [4.69, 9.17) is 0 Å². The minimum atomic E-state index is 0. The maximum Gasteiger partial charge on any atom is 2.00 e. The standard InChI is InChI=1S/Mn.H2O.2O.Zn/h;1H2;;;/q+2;;2*-2;+2. The van der Waals surface area contributed by atoms with Crippen LogP contribution in [0.4, 0.5) is 0 Å². The fraction of sp³-hybridized carbons (Fsp3) is 0. The van der Waals surface area contributed by atoms with Gasteiger partial charge in [0.15, 0.2) is 0 Å². The normalized spacial score (nSPS) is 0. The van der Waals surface area contributed by atoms with Crippen molar-refractivity contribution in [1.29, 1.82) is 0 Å². The maximum atomic E-state index is 0. The fourth-order valence-electron chi connectivity index (χ4n) is 0. The topological polar surface area (TPSA) is 88.5 Å². The predicted molar refractivity (Wildman–Crippen MR) is 4.99 cm³/mol. The molecule has 0 aliphatic rings. The monoisotopic (exact) mass is 169 g/mol. The van der Waals surface area contributed by atoms with E-state index in [9.17, 15) is 0 Å². The molecule has 0 atom stereocenters. The van der Waals surface area contributed by atoms with Gasteiger partial charge < -0.3 is 16.4 Å². The van der Waals surface area contributed by atoms with Gasteiger partial charge in [-0.1, -0.05) is 0 Å². The molecule has 3 nitrogen and oxygen atoms in total. The molecule has 0 amide bonds. The van der Waals surface area contributed by atoms with Crippen molar-refractivity contribution in [3.8, 4) is 0 Å². The summed E-state index contributed by atoms with van der Waals surface area (Å²) < 4.78 is 0. The van der Waals surface area contributed by atoms with E-state index in [1.807, 2.05) is 0 Å². The summed E-state index contributed by atoms with van der Waals surface area (Å²) in [7, 11) is 0. The van der Waals surface area contributed by atoms with Gasteiger partial charge in [0, 0.05) is 0 Å². The first-order chi connectivity index (χ1) is 0. The molecular weight excluding hydrogens is 168 g/mol. The minimum absolute atomic E-state index is 0. The van der Waals surface area contributed by atoms with Gasteiger partial charge in [0.25, 0.3) is 0 Å². The summed E-state index contributed by atoms with van der Waals surface area (Å²) in [5.41, 5.74) is 0. The molecule has 0 rings (SSSR count). The Kier molecular flexibility index (Phi) is 2260. The van der Waals surface area contributed by atoms with Crippen molar-refractivity contribution < 1.29 is 53.0 Å². The Morgan fingerprint density at radius 1 is 0.800 bits per heavy atom. The van der Waals surface area contributed by atoms with Crippen LogP contribution in [0.15, 0.2) is 0 Å². The van der Waals surface area contributed by atoms with Crippen LogP contribution < -0.4 is 0 Å². The van der Waals surface area contributed by atoms with Gasteiger partial charge >= 0.3 is 36.5 Å². The van der Waals surface area contributed by atoms with E-state index in [-0.39, 0.29) is 53.0 Å². The molecule has 0 aliphatic heterocycles. The summed E-state index contributed by atoms with van der Waals surface area (Å²) in [6.07, 6.45) is 0. The van der Waals surface area contributed by atoms with Crippen LogP contribution in [-0.4, -0.2) is 5.48 Å². The second-order valence-corrected chi connectivity index (χ2v) is 0. The zero-order valence-electron chi connectivity index (χ0n) is 2.40. The van der Waals surface area contributed by atoms with Crippen molar-refractivity contribution in [1.82, 2.24) is 0 Å². The van der Waals surface area contributed by atoms with Gasteiger partial charge in [-0.05, 0) is 0 Å². The molecule has 0 fully saturated rings. The van der Waals surface area contributed by atoms with Gasteiger partial charge in [0.1, 0.15) is 0 Å². The molecular formula is H2MnO3Zn. The molecule has 0 aromatic heterocycles. The van der Waals surface area contributed by atoms with Crippen LogP contribution in [0.25, 0.3) is 0 Å². The Morgan fingerprint density at radius 3 is 0.800 bits per heavy atom. The summed E-state index contributed by atoms with van der Waals surface area (Å²) in [6, 6.07) is 0. The van der Waals surface area contributed by atoms with Gasteiger partial charge in [-0.15, -0.1) is 0 Å². The Hall–Kier alpha value is 1.02. The second-order valence-electron chi connectivity index (χ2n) is 0. The molecule has 0 unspecified atom stereocenters. The molecule has 5 heteroatoms. The SMILES string of the molecule is O.[Mn+2].[O-2].[O-2].[Zn+2]. The van der Waals surface area contributed by atoms with Gasteiger partial charge in [-0.25, -0.2) is 0 Å². The predicted octanol–water partition coefficient (Wildman–Crippen LogP) is -1.07. The number of rotatable bonds is 0. The molecule has 0 aliphatic carbocycles.